The first kappa shape index (κ1) is 12.4. The predicted molar refractivity (Wildman–Crippen MR) is 78.0 cm³/mol. The fourth-order valence-corrected chi connectivity index (χ4v) is 2.01. The van der Waals surface area contributed by atoms with Gasteiger partial charge in [0.25, 0.3) is 0 Å². The fraction of sp³-hybridized carbons (Fsp3) is 0.0625. The standard InChI is InChI=1S/C16H15N3O/c17-10-14-11-18-12-19(14)13-6-8-16(9-7-13)20-15-4-2-1-3-5-15/h1-9,11-12H,10,17H2. The second-order valence-electron chi connectivity index (χ2n) is 4.37. The zero-order valence-corrected chi connectivity index (χ0v) is 10.9. The van der Waals surface area contributed by atoms with Gasteiger partial charge >= 0.3 is 0 Å². The Hall–Kier alpha value is -2.59. The van der Waals surface area contributed by atoms with Crippen LogP contribution in [0.2, 0.25) is 0 Å². The van der Waals surface area contributed by atoms with Crippen LogP contribution < -0.4 is 10.5 Å². The summed E-state index contributed by atoms with van der Waals surface area (Å²) in [6, 6.07) is 17.5. The van der Waals surface area contributed by atoms with Crippen LogP contribution >= 0.6 is 0 Å². The Labute approximate surface area is 117 Å². The molecule has 2 aromatic carbocycles. The molecule has 0 radical (unpaired) electrons. The molecule has 3 aromatic rings. The zero-order valence-electron chi connectivity index (χ0n) is 10.9. The molecule has 0 unspecified atom stereocenters. The van der Waals surface area contributed by atoms with Gasteiger partial charge in [-0.2, -0.15) is 0 Å². The Morgan fingerprint density at radius 3 is 2.35 bits per heavy atom. The van der Waals surface area contributed by atoms with Crippen molar-refractivity contribution in [2.45, 2.75) is 6.54 Å². The maximum atomic E-state index is 5.76. The Balaban J connectivity index is 1.81. The summed E-state index contributed by atoms with van der Waals surface area (Å²) in [5, 5.41) is 0. The van der Waals surface area contributed by atoms with E-state index in [1.54, 1.807) is 12.5 Å². The molecule has 3 rings (SSSR count). The number of nitrogens with zero attached hydrogens (tertiary/aromatic N) is 2. The van der Waals surface area contributed by atoms with Crippen LogP contribution in [-0.4, -0.2) is 9.55 Å². The largest absolute Gasteiger partial charge is 0.457 e. The number of rotatable bonds is 4. The summed E-state index contributed by atoms with van der Waals surface area (Å²) >= 11 is 0. The average molecular weight is 265 g/mol. The van der Waals surface area contributed by atoms with Crippen LogP contribution in [0.25, 0.3) is 5.69 Å². The van der Waals surface area contributed by atoms with E-state index < -0.39 is 0 Å². The number of hydrogen-bond donors (Lipinski definition) is 1. The van der Waals surface area contributed by atoms with Crippen LogP contribution in [-0.2, 0) is 6.54 Å². The molecule has 1 heterocycles. The predicted octanol–water partition coefficient (Wildman–Crippen LogP) is 3.12. The third kappa shape index (κ3) is 2.55. The number of hydrogen-bond acceptors (Lipinski definition) is 3. The minimum atomic E-state index is 0.461. The number of para-hydroxylation sites is 1. The molecule has 4 nitrogen and oxygen atoms in total. The average Bonchev–Trinajstić information content (AvgIpc) is 2.98. The molecule has 0 spiro atoms. The van der Waals surface area contributed by atoms with Crippen molar-refractivity contribution in [3.05, 3.63) is 72.8 Å². The lowest BCUT2D eigenvalue weighted by molar-refractivity contribution is 0.482. The van der Waals surface area contributed by atoms with Crippen molar-refractivity contribution in [2.24, 2.45) is 5.73 Å². The SMILES string of the molecule is NCc1cncn1-c1ccc(Oc2ccccc2)cc1. The van der Waals surface area contributed by atoms with E-state index in [1.807, 2.05) is 59.2 Å². The topological polar surface area (TPSA) is 53.1 Å². The summed E-state index contributed by atoms with van der Waals surface area (Å²) in [7, 11) is 0. The second kappa shape index (κ2) is 5.59. The molecule has 4 heteroatoms. The molecule has 0 aliphatic rings. The van der Waals surface area contributed by atoms with Crippen molar-refractivity contribution in [3.63, 3.8) is 0 Å². The second-order valence-corrected chi connectivity index (χ2v) is 4.37. The van der Waals surface area contributed by atoms with Gasteiger partial charge in [0.2, 0.25) is 0 Å². The van der Waals surface area contributed by atoms with Gasteiger partial charge in [-0.1, -0.05) is 18.2 Å². The van der Waals surface area contributed by atoms with Crippen molar-refractivity contribution in [1.82, 2.24) is 9.55 Å². The van der Waals surface area contributed by atoms with Gasteiger partial charge in [0.05, 0.1) is 12.0 Å². The number of aromatic nitrogens is 2. The van der Waals surface area contributed by atoms with Crippen molar-refractivity contribution in [2.75, 3.05) is 0 Å². The van der Waals surface area contributed by atoms with Gasteiger partial charge < -0.3 is 15.0 Å². The van der Waals surface area contributed by atoms with E-state index in [4.69, 9.17) is 10.5 Å². The highest BCUT2D eigenvalue weighted by Gasteiger charge is 2.03. The van der Waals surface area contributed by atoms with Gasteiger partial charge in [0.15, 0.2) is 0 Å². The van der Waals surface area contributed by atoms with Gasteiger partial charge in [-0.3, -0.25) is 0 Å². The van der Waals surface area contributed by atoms with Crippen LogP contribution in [0.15, 0.2) is 67.1 Å². The fourth-order valence-electron chi connectivity index (χ4n) is 2.01. The smallest absolute Gasteiger partial charge is 0.127 e. The number of benzene rings is 2. The Bertz CT molecular complexity index is 674. The molecule has 0 bridgehead atoms. The van der Waals surface area contributed by atoms with E-state index in [0.29, 0.717) is 6.54 Å². The molecule has 0 saturated heterocycles. The lowest BCUT2D eigenvalue weighted by Crippen LogP contribution is -2.04. The Morgan fingerprint density at radius 1 is 0.950 bits per heavy atom. The highest BCUT2D eigenvalue weighted by Crippen LogP contribution is 2.22. The first-order valence-corrected chi connectivity index (χ1v) is 6.41. The van der Waals surface area contributed by atoms with E-state index in [1.165, 1.54) is 0 Å². The van der Waals surface area contributed by atoms with Gasteiger partial charge in [0, 0.05) is 18.4 Å². The quantitative estimate of drug-likeness (QED) is 0.788. The maximum absolute atomic E-state index is 5.76. The normalized spacial score (nSPS) is 10.4. The molecule has 0 aliphatic carbocycles. The summed E-state index contributed by atoms with van der Waals surface area (Å²) < 4.78 is 7.72. The van der Waals surface area contributed by atoms with Crippen LogP contribution in [0, 0.1) is 0 Å². The summed E-state index contributed by atoms with van der Waals surface area (Å²) in [5.74, 6) is 1.62. The van der Waals surface area contributed by atoms with E-state index in [9.17, 15) is 0 Å². The molecule has 0 amide bonds. The van der Waals surface area contributed by atoms with Crippen LogP contribution in [0.4, 0.5) is 0 Å². The summed E-state index contributed by atoms with van der Waals surface area (Å²) in [4.78, 5) is 4.11. The summed E-state index contributed by atoms with van der Waals surface area (Å²) in [6.45, 7) is 0.461. The molecular formula is C16H15N3O. The summed E-state index contributed by atoms with van der Waals surface area (Å²) in [5.41, 5.74) is 7.67. The van der Waals surface area contributed by atoms with E-state index in [-0.39, 0.29) is 0 Å². The third-order valence-corrected chi connectivity index (χ3v) is 3.02. The first-order valence-electron chi connectivity index (χ1n) is 6.41. The van der Waals surface area contributed by atoms with Crippen molar-refractivity contribution in [3.8, 4) is 17.2 Å². The molecule has 0 atom stereocenters. The molecule has 0 fully saturated rings. The Kier molecular flexibility index (Phi) is 3.48. The Morgan fingerprint density at radius 2 is 1.65 bits per heavy atom. The van der Waals surface area contributed by atoms with Gasteiger partial charge in [-0.25, -0.2) is 4.98 Å². The highest BCUT2D eigenvalue weighted by atomic mass is 16.5. The highest BCUT2D eigenvalue weighted by molar-refractivity contribution is 5.40. The first-order chi connectivity index (χ1) is 9.86. The van der Waals surface area contributed by atoms with Crippen LogP contribution in [0.3, 0.4) is 0 Å². The molecule has 2 N–H and O–H groups in total. The van der Waals surface area contributed by atoms with Crippen LogP contribution in [0.5, 0.6) is 11.5 Å². The third-order valence-electron chi connectivity index (χ3n) is 3.02. The monoisotopic (exact) mass is 265 g/mol. The van der Waals surface area contributed by atoms with Crippen molar-refractivity contribution >= 4 is 0 Å². The number of nitrogens with two attached hydrogens (primary N) is 1. The molecule has 0 aliphatic heterocycles. The zero-order chi connectivity index (χ0) is 13.8. The number of ether oxygens (including phenoxy) is 1. The summed E-state index contributed by atoms with van der Waals surface area (Å²) in [6.07, 6.45) is 3.53. The molecule has 20 heavy (non-hydrogen) atoms. The van der Waals surface area contributed by atoms with Gasteiger partial charge in [-0.05, 0) is 36.4 Å². The van der Waals surface area contributed by atoms with Crippen molar-refractivity contribution in [1.29, 1.82) is 0 Å². The van der Waals surface area contributed by atoms with Gasteiger partial charge in [0.1, 0.15) is 11.5 Å². The van der Waals surface area contributed by atoms with E-state index in [0.717, 1.165) is 22.9 Å². The maximum Gasteiger partial charge on any atom is 0.127 e. The lowest BCUT2D eigenvalue weighted by atomic mass is 10.3. The van der Waals surface area contributed by atoms with E-state index in [2.05, 4.69) is 4.98 Å². The molecule has 100 valence electrons. The minimum Gasteiger partial charge on any atom is -0.457 e. The van der Waals surface area contributed by atoms with Gasteiger partial charge in [-0.15, -0.1) is 0 Å². The molecule has 1 aromatic heterocycles. The minimum absolute atomic E-state index is 0.461. The van der Waals surface area contributed by atoms with Crippen LogP contribution in [0.1, 0.15) is 5.69 Å². The molecule has 0 saturated carbocycles. The van der Waals surface area contributed by atoms with Crippen molar-refractivity contribution < 1.29 is 4.74 Å². The molecular weight excluding hydrogens is 250 g/mol. The van der Waals surface area contributed by atoms with E-state index >= 15 is 0 Å². The lowest BCUT2D eigenvalue weighted by Gasteiger charge is -2.09. The number of imidazole rings is 1.